The second-order valence-electron chi connectivity index (χ2n) is 6.60. The molecule has 0 bridgehead atoms. The average Bonchev–Trinajstić information content (AvgIpc) is 3.38. The topological polar surface area (TPSA) is 77.6 Å². The van der Waals surface area contributed by atoms with Gasteiger partial charge in [0.1, 0.15) is 10.7 Å². The Morgan fingerprint density at radius 3 is 2.79 bits per heavy atom. The van der Waals surface area contributed by atoms with E-state index in [1.807, 2.05) is 24.5 Å². The van der Waals surface area contributed by atoms with E-state index in [4.69, 9.17) is 0 Å². The van der Waals surface area contributed by atoms with Crippen LogP contribution in [0.25, 0.3) is 5.13 Å². The van der Waals surface area contributed by atoms with Crippen molar-refractivity contribution in [2.75, 3.05) is 0 Å². The van der Waals surface area contributed by atoms with E-state index in [9.17, 15) is 18.0 Å². The summed E-state index contributed by atoms with van der Waals surface area (Å²) in [7, 11) is 0. The van der Waals surface area contributed by atoms with Gasteiger partial charge in [0.25, 0.3) is 5.91 Å². The molecule has 0 aliphatic carbocycles. The zero-order valence-electron chi connectivity index (χ0n) is 14.9. The predicted molar refractivity (Wildman–Crippen MR) is 95.2 cm³/mol. The van der Waals surface area contributed by atoms with Gasteiger partial charge in [-0.3, -0.25) is 4.79 Å². The van der Waals surface area contributed by atoms with Gasteiger partial charge in [0.2, 0.25) is 0 Å². The van der Waals surface area contributed by atoms with E-state index >= 15 is 0 Å². The Labute approximate surface area is 162 Å². The number of aromatic nitrogens is 5. The Morgan fingerprint density at radius 2 is 2.07 bits per heavy atom. The number of thiazole rings is 1. The van der Waals surface area contributed by atoms with Gasteiger partial charge < -0.3 is 14.5 Å². The molecule has 0 saturated carbocycles. The van der Waals surface area contributed by atoms with Gasteiger partial charge in [-0.05, 0) is 25.5 Å². The summed E-state index contributed by atoms with van der Waals surface area (Å²) in [6.07, 6.45) is -0.356. The Kier molecular flexibility index (Phi) is 4.69. The molecule has 1 aliphatic rings. The maximum Gasteiger partial charge on any atom is 0.393 e. The van der Waals surface area contributed by atoms with Crippen LogP contribution in [0.2, 0.25) is 0 Å². The minimum atomic E-state index is -4.25. The predicted octanol–water partition coefficient (Wildman–Crippen LogP) is 2.89. The standard InChI is InChI=1S/C17H17F3N6OS/c1-10-14(28-16(22-10)25-6-2-3-7-25)15(27)21-8-13-24-23-12-5-4-11(9-26(12)13)17(18,19)20/h2-3,6-7,11H,4-5,8-9H2,1H3,(H,21,27). The molecule has 0 saturated heterocycles. The van der Waals surface area contributed by atoms with Gasteiger partial charge in [-0.1, -0.05) is 11.3 Å². The summed E-state index contributed by atoms with van der Waals surface area (Å²) >= 11 is 1.24. The van der Waals surface area contributed by atoms with Crippen LogP contribution in [0.15, 0.2) is 24.5 Å². The lowest BCUT2D eigenvalue weighted by molar-refractivity contribution is -0.182. The summed E-state index contributed by atoms with van der Waals surface area (Å²) in [5.41, 5.74) is 0.589. The minimum absolute atomic E-state index is 0.00655. The molecule has 0 spiro atoms. The molecule has 1 unspecified atom stereocenters. The average molecular weight is 410 g/mol. The highest BCUT2D eigenvalue weighted by atomic mass is 32.1. The number of hydrogen-bond acceptors (Lipinski definition) is 5. The molecule has 28 heavy (non-hydrogen) atoms. The Morgan fingerprint density at radius 1 is 1.32 bits per heavy atom. The molecule has 0 radical (unpaired) electrons. The summed E-state index contributed by atoms with van der Waals surface area (Å²) in [4.78, 5) is 17.4. The number of amides is 1. The monoisotopic (exact) mass is 410 g/mol. The number of hydrogen-bond donors (Lipinski definition) is 1. The first-order chi connectivity index (χ1) is 13.3. The number of halogens is 3. The second kappa shape index (κ2) is 7.04. The molecule has 3 aromatic rings. The highest BCUT2D eigenvalue weighted by Crippen LogP contribution is 2.34. The van der Waals surface area contributed by atoms with Crippen molar-refractivity contribution < 1.29 is 18.0 Å². The summed E-state index contributed by atoms with van der Waals surface area (Å²) in [6.45, 7) is 1.53. The molecular weight excluding hydrogens is 393 g/mol. The maximum absolute atomic E-state index is 13.0. The van der Waals surface area contributed by atoms with Crippen LogP contribution in [-0.2, 0) is 19.5 Å². The zero-order chi connectivity index (χ0) is 19.9. The van der Waals surface area contributed by atoms with Crippen LogP contribution in [0, 0.1) is 12.8 Å². The zero-order valence-corrected chi connectivity index (χ0v) is 15.7. The van der Waals surface area contributed by atoms with Crippen LogP contribution in [0.5, 0.6) is 0 Å². The number of carbonyl (C=O) groups is 1. The largest absolute Gasteiger partial charge is 0.393 e. The lowest BCUT2D eigenvalue weighted by Gasteiger charge is -2.26. The van der Waals surface area contributed by atoms with E-state index in [1.54, 1.807) is 11.5 Å². The third-order valence-corrected chi connectivity index (χ3v) is 5.88. The normalized spacial score (nSPS) is 16.8. The van der Waals surface area contributed by atoms with Crippen LogP contribution in [0.3, 0.4) is 0 Å². The first-order valence-electron chi connectivity index (χ1n) is 8.69. The fourth-order valence-electron chi connectivity index (χ4n) is 3.19. The van der Waals surface area contributed by atoms with E-state index in [0.29, 0.717) is 27.4 Å². The number of nitrogens with zero attached hydrogens (tertiary/aromatic N) is 5. The van der Waals surface area contributed by atoms with Crippen molar-refractivity contribution in [2.45, 2.75) is 39.0 Å². The van der Waals surface area contributed by atoms with Crippen molar-refractivity contribution >= 4 is 17.2 Å². The molecule has 0 fully saturated rings. The van der Waals surface area contributed by atoms with Crippen molar-refractivity contribution in [1.29, 1.82) is 0 Å². The number of fused-ring (bicyclic) bond motifs is 1. The summed E-state index contributed by atoms with van der Waals surface area (Å²) in [5, 5.41) is 11.3. The van der Waals surface area contributed by atoms with E-state index in [2.05, 4.69) is 20.5 Å². The maximum atomic E-state index is 13.0. The highest BCUT2D eigenvalue weighted by Gasteiger charge is 2.42. The van der Waals surface area contributed by atoms with Crippen molar-refractivity contribution in [1.82, 2.24) is 29.6 Å². The van der Waals surface area contributed by atoms with Gasteiger partial charge >= 0.3 is 6.18 Å². The van der Waals surface area contributed by atoms with Gasteiger partial charge in [-0.2, -0.15) is 13.2 Å². The fraction of sp³-hybridized carbons (Fsp3) is 0.412. The fourth-order valence-corrected chi connectivity index (χ4v) is 4.14. The first-order valence-corrected chi connectivity index (χ1v) is 9.51. The molecule has 3 aromatic heterocycles. The molecule has 148 valence electrons. The van der Waals surface area contributed by atoms with Gasteiger partial charge in [0.05, 0.1) is 18.2 Å². The highest BCUT2D eigenvalue weighted by molar-refractivity contribution is 7.16. The lowest BCUT2D eigenvalue weighted by Crippen LogP contribution is -2.33. The third-order valence-electron chi connectivity index (χ3n) is 4.71. The van der Waals surface area contributed by atoms with Gasteiger partial charge in [-0.25, -0.2) is 4.98 Å². The van der Waals surface area contributed by atoms with Crippen LogP contribution in [0.1, 0.15) is 33.4 Å². The molecule has 1 amide bonds. The van der Waals surface area contributed by atoms with Crippen molar-refractivity contribution in [3.8, 4) is 5.13 Å². The van der Waals surface area contributed by atoms with Crippen molar-refractivity contribution in [2.24, 2.45) is 5.92 Å². The molecule has 1 aliphatic heterocycles. The molecule has 7 nitrogen and oxygen atoms in total. The van der Waals surface area contributed by atoms with E-state index < -0.39 is 12.1 Å². The number of carbonyl (C=O) groups excluding carboxylic acids is 1. The van der Waals surface area contributed by atoms with Crippen LogP contribution in [0.4, 0.5) is 13.2 Å². The Bertz CT molecular complexity index is 991. The van der Waals surface area contributed by atoms with Crippen molar-refractivity contribution in [3.63, 3.8) is 0 Å². The molecular formula is C17H17F3N6OS. The number of aryl methyl sites for hydroxylation is 2. The SMILES string of the molecule is Cc1nc(-n2cccc2)sc1C(=O)NCc1nnc2n1CC(C(F)(F)F)CC2. The van der Waals surface area contributed by atoms with Crippen LogP contribution < -0.4 is 5.32 Å². The molecule has 4 heterocycles. The summed E-state index contributed by atoms with van der Waals surface area (Å²) in [5.74, 6) is -0.911. The third kappa shape index (κ3) is 3.53. The minimum Gasteiger partial charge on any atom is -0.344 e. The smallest absolute Gasteiger partial charge is 0.344 e. The van der Waals surface area contributed by atoms with Crippen LogP contribution in [-0.4, -0.2) is 36.4 Å². The van der Waals surface area contributed by atoms with E-state index in [-0.39, 0.29) is 31.8 Å². The Balaban J connectivity index is 1.46. The molecule has 0 aromatic carbocycles. The first kappa shape index (κ1) is 18.7. The van der Waals surface area contributed by atoms with Gasteiger partial charge in [-0.15, -0.1) is 10.2 Å². The molecule has 1 atom stereocenters. The Hall–Kier alpha value is -2.69. The van der Waals surface area contributed by atoms with Gasteiger partial charge in [0, 0.05) is 25.4 Å². The number of rotatable bonds is 4. The van der Waals surface area contributed by atoms with Gasteiger partial charge in [0.15, 0.2) is 11.0 Å². The number of nitrogens with one attached hydrogen (secondary N) is 1. The lowest BCUT2D eigenvalue weighted by atomic mass is 9.99. The summed E-state index contributed by atoms with van der Waals surface area (Å²) < 4.78 is 42.4. The van der Waals surface area contributed by atoms with Crippen LogP contribution >= 0.6 is 11.3 Å². The summed E-state index contributed by atoms with van der Waals surface area (Å²) in [6, 6.07) is 3.72. The van der Waals surface area contributed by atoms with Crippen molar-refractivity contribution in [3.05, 3.63) is 46.7 Å². The van der Waals surface area contributed by atoms with E-state index in [0.717, 1.165) is 0 Å². The van der Waals surface area contributed by atoms with E-state index in [1.165, 1.54) is 15.9 Å². The number of alkyl halides is 3. The molecule has 1 N–H and O–H groups in total. The molecule has 4 rings (SSSR count). The quantitative estimate of drug-likeness (QED) is 0.718. The second-order valence-corrected chi connectivity index (χ2v) is 7.58. The molecule has 11 heteroatoms.